The number of benzene rings is 1. The lowest BCUT2D eigenvalue weighted by Crippen LogP contribution is -2.25. The van der Waals surface area contributed by atoms with Crippen LogP contribution >= 0.6 is 11.6 Å². The van der Waals surface area contributed by atoms with Crippen LogP contribution in [0.5, 0.6) is 0 Å². The number of hydrogen-bond acceptors (Lipinski definition) is 3. The van der Waals surface area contributed by atoms with Gasteiger partial charge in [-0.2, -0.15) is 0 Å². The Balaban J connectivity index is 1.99. The van der Waals surface area contributed by atoms with Gasteiger partial charge in [0, 0.05) is 35.0 Å². The second-order valence-corrected chi connectivity index (χ2v) is 6.32. The quantitative estimate of drug-likeness (QED) is 0.860. The summed E-state index contributed by atoms with van der Waals surface area (Å²) in [6, 6.07) is 5.45. The average molecular weight is 274 g/mol. The predicted octanol–water partition coefficient (Wildman–Crippen LogP) is 2.35. The van der Waals surface area contributed by atoms with Gasteiger partial charge in [0.25, 0.3) is 0 Å². The second kappa shape index (κ2) is 5.85. The maximum Gasteiger partial charge on any atom is 0.0635 e. The molecule has 1 aliphatic heterocycles. The number of ether oxygens (including phenoxy) is 1. The van der Waals surface area contributed by atoms with Crippen molar-refractivity contribution in [1.29, 1.82) is 0 Å². The molecule has 3 nitrogen and oxygen atoms in total. The van der Waals surface area contributed by atoms with E-state index in [0.29, 0.717) is 16.5 Å². The number of nitrogen functional groups attached to an aromatic ring is 1. The van der Waals surface area contributed by atoms with Crippen molar-refractivity contribution in [3.8, 4) is 0 Å². The van der Waals surface area contributed by atoms with Gasteiger partial charge in [0.2, 0.25) is 0 Å². The molecule has 94 valence electrons. The molecule has 1 aromatic carbocycles. The van der Waals surface area contributed by atoms with Crippen LogP contribution in [0.4, 0.5) is 5.69 Å². The molecule has 1 aliphatic rings. The van der Waals surface area contributed by atoms with Gasteiger partial charge in [-0.15, -0.1) is 0 Å². The van der Waals surface area contributed by atoms with Gasteiger partial charge in [0.05, 0.1) is 10.7 Å². The van der Waals surface area contributed by atoms with E-state index < -0.39 is 10.8 Å². The lowest BCUT2D eigenvalue weighted by atomic mass is 10.2. The molecule has 1 unspecified atom stereocenters. The number of halogens is 1. The number of anilines is 1. The van der Waals surface area contributed by atoms with Crippen LogP contribution in [0.15, 0.2) is 18.2 Å². The summed E-state index contributed by atoms with van der Waals surface area (Å²) in [5.74, 6) is 0.548. The molecule has 0 radical (unpaired) electrons. The predicted molar refractivity (Wildman–Crippen MR) is 71.6 cm³/mol. The summed E-state index contributed by atoms with van der Waals surface area (Å²) in [6.07, 6.45) is 1.77. The largest absolute Gasteiger partial charge is 0.398 e. The highest BCUT2D eigenvalue weighted by molar-refractivity contribution is 7.84. The minimum Gasteiger partial charge on any atom is -0.398 e. The SMILES string of the molecule is Nc1cc(CS(=O)C2CCOCC2)ccc1Cl. The summed E-state index contributed by atoms with van der Waals surface area (Å²) in [7, 11) is -0.851. The van der Waals surface area contributed by atoms with E-state index in [1.54, 1.807) is 12.1 Å². The molecule has 2 rings (SSSR count). The Labute approximate surface area is 109 Å². The van der Waals surface area contributed by atoms with Crippen LogP contribution in [0.2, 0.25) is 5.02 Å². The molecule has 0 bridgehead atoms. The van der Waals surface area contributed by atoms with Gasteiger partial charge >= 0.3 is 0 Å². The van der Waals surface area contributed by atoms with Gasteiger partial charge < -0.3 is 10.5 Å². The molecule has 0 aliphatic carbocycles. The number of hydrogen-bond donors (Lipinski definition) is 1. The summed E-state index contributed by atoms with van der Waals surface area (Å²) < 4.78 is 17.4. The van der Waals surface area contributed by atoms with Crippen LogP contribution in [-0.4, -0.2) is 22.7 Å². The summed E-state index contributed by atoms with van der Waals surface area (Å²) >= 11 is 5.85. The third-order valence-electron chi connectivity index (χ3n) is 2.91. The summed E-state index contributed by atoms with van der Waals surface area (Å²) in [4.78, 5) is 0. The van der Waals surface area contributed by atoms with E-state index in [2.05, 4.69) is 0 Å². The van der Waals surface area contributed by atoms with E-state index in [0.717, 1.165) is 31.6 Å². The molecule has 0 spiro atoms. The van der Waals surface area contributed by atoms with Gasteiger partial charge in [-0.1, -0.05) is 17.7 Å². The zero-order valence-electron chi connectivity index (χ0n) is 9.52. The van der Waals surface area contributed by atoms with E-state index >= 15 is 0 Å². The van der Waals surface area contributed by atoms with Crippen molar-refractivity contribution in [2.45, 2.75) is 23.8 Å². The van der Waals surface area contributed by atoms with Crippen molar-refractivity contribution in [3.05, 3.63) is 28.8 Å². The third kappa shape index (κ3) is 3.44. The molecule has 1 fully saturated rings. The van der Waals surface area contributed by atoms with E-state index in [1.807, 2.05) is 6.07 Å². The molecule has 0 amide bonds. The smallest absolute Gasteiger partial charge is 0.0635 e. The Kier molecular flexibility index (Phi) is 4.42. The molecule has 1 aromatic rings. The average Bonchev–Trinajstić information content (AvgIpc) is 2.35. The first kappa shape index (κ1) is 12.9. The maximum absolute atomic E-state index is 12.1. The van der Waals surface area contributed by atoms with Crippen LogP contribution in [0.3, 0.4) is 0 Å². The van der Waals surface area contributed by atoms with Crippen molar-refractivity contribution in [3.63, 3.8) is 0 Å². The zero-order valence-corrected chi connectivity index (χ0v) is 11.1. The molecular weight excluding hydrogens is 258 g/mol. The van der Waals surface area contributed by atoms with Crippen LogP contribution in [0.1, 0.15) is 18.4 Å². The highest BCUT2D eigenvalue weighted by Gasteiger charge is 2.20. The van der Waals surface area contributed by atoms with E-state index in [-0.39, 0.29) is 5.25 Å². The molecule has 0 saturated carbocycles. The van der Waals surface area contributed by atoms with Gasteiger partial charge in [-0.05, 0) is 30.5 Å². The second-order valence-electron chi connectivity index (χ2n) is 4.19. The standard InChI is InChI=1S/C12H16ClNO2S/c13-11-2-1-9(7-12(11)14)8-17(15)10-3-5-16-6-4-10/h1-2,7,10H,3-6,8,14H2. The Bertz CT molecular complexity index is 419. The first-order valence-electron chi connectivity index (χ1n) is 5.65. The third-order valence-corrected chi connectivity index (χ3v) is 5.09. The lowest BCUT2D eigenvalue weighted by molar-refractivity contribution is 0.0992. The van der Waals surface area contributed by atoms with Crippen molar-refractivity contribution in [1.82, 2.24) is 0 Å². The Morgan fingerprint density at radius 1 is 1.41 bits per heavy atom. The molecule has 1 atom stereocenters. The monoisotopic (exact) mass is 273 g/mol. The van der Waals surface area contributed by atoms with Gasteiger partial charge in [0.1, 0.15) is 0 Å². The summed E-state index contributed by atoms with van der Waals surface area (Å²) in [5.41, 5.74) is 7.26. The van der Waals surface area contributed by atoms with Crippen molar-refractivity contribution >= 4 is 28.1 Å². The highest BCUT2D eigenvalue weighted by atomic mass is 35.5. The molecule has 1 heterocycles. The molecule has 5 heteroatoms. The fourth-order valence-electron chi connectivity index (χ4n) is 1.90. The van der Waals surface area contributed by atoms with Crippen LogP contribution in [0.25, 0.3) is 0 Å². The molecule has 1 saturated heterocycles. The van der Waals surface area contributed by atoms with Crippen LogP contribution in [0, 0.1) is 0 Å². The van der Waals surface area contributed by atoms with Crippen LogP contribution in [-0.2, 0) is 21.3 Å². The topological polar surface area (TPSA) is 52.3 Å². The van der Waals surface area contributed by atoms with Crippen molar-refractivity contribution < 1.29 is 8.95 Å². The lowest BCUT2D eigenvalue weighted by Gasteiger charge is -2.21. The Morgan fingerprint density at radius 3 is 2.76 bits per heavy atom. The minimum absolute atomic E-state index is 0.251. The molecule has 2 N–H and O–H groups in total. The first-order valence-corrected chi connectivity index (χ1v) is 7.41. The van der Waals surface area contributed by atoms with Crippen molar-refractivity contribution in [2.75, 3.05) is 18.9 Å². The Hall–Kier alpha value is -0.580. The van der Waals surface area contributed by atoms with Gasteiger partial charge in [-0.3, -0.25) is 4.21 Å². The molecular formula is C12H16ClNO2S. The van der Waals surface area contributed by atoms with E-state index in [9.17, 15) is 4.21 Å². The van der Waals surface area contributed by atoms with E-state index in [1.165, 1.54) is 0 Å². The van der Waals surface area contributed by atoms with Crippen LogP contribution < -0.4 is 5.73 Å². The Morgan fingerprint density at radius 2 is 2.12 bits per heavy atom. The highest BCUT2D eigenvalue weighted by Crippen LogP contribution is 2.22. The minimum atomic E-state index is -0.851. The molecule has 0 aromatic heterocycles. The zero-order chi connectivity index (χ0) is 12.3. The normalized spacial score (nSPS) is 19.1. The fraction of sp³-hybridized carbons (Fsp3) is 0.500. The fourth-order valence-corrected chi connectivity index (χ4v) is 3.48. The van der Waals surface area contributed by atoms with Gasteiger partial charge in [0.15, 0.2) is 0 Å². The first-order chi connectivity index (χ1) is 8.16. The number of rotatable bonds is 3. The van der Waals surface area contributed by atoms with Crippen molar-refractivity contribution in [2.24, 2.45) is 0 Å². The molecule has 17 heavy (non-hydrogen) atoms. The van der Waals surface area contributed by atoms with Gasteiger partial charge in [-0.25, -0.2) is 0 Å². The summed E-state index contributed by atoms with van der Waals surface area (Å²) in [5, 5.41) is 0.797. The maximum atomic E-state index is 12.1. The number of nitrogens with two attached hydrogens (primary N) is 1. The van der Waals surface area contributed by atoms with E-state index in [4.69, 9.17) is 22.1 Å². The summed E-state index contributed by atoms with van der Waals surface area (Å²) in [6.45, 7) is 1.44.